The van der Waals surface area contributed by atoms with E-state index in [1.165, 1.54) is 6.07 Å². The average molecular weight is 555 g/mol. The molecule has 0 N–H and O–H groups in total. The zero-order chi connectivity index (χ0) is 28.5. The molecule has 0 spiro atoms. The van der Waals surface area contributed by atoms with E-state index in [0.717, 1.165) is 44.9 Å². The van der Waals surface area contributed by atoms with Crippen molar-refractivity contribution in [3.63, 3.8) is 0 Å². The van der Waals surface area contributed by atoms with Gasteiger partial charge in [0.05, 0.1) is 13.2 Å². The van der Waals surface area contributed by atoms with Gasteiger partial charge >= 0.3 is 0 Å². The first-order chi connectivity index (χ1) is 19.4. The van der Waals surface area contributed by atoms with Gasteiger partial charge in [-0.2, -0.15) is 4.39 Å². The number of unbranched alkanes of at least 4 members (excludes halogenated alkanes) is 1. The van der Waals surface area contributed by atoms with Crippen LogP contribution in [0.5, 0.6) is 11.5 Å². The van der Waals surface area contributed by atoms with Crippen molar-refractivity contribution in [2.75, 3.05) is 13.2 Å². The molecule has 0 bridgehead atoms. The molecular formula is C34H38F4O2. The van der Waals surface area contributed by atoms with Gasteiger partial charge in [-0.05, 0) is 98.1 Å². The Morgan fingerprint density at radius 2 is 1.55 bits per heavy atom. The fourth-order valence-electron chi connectivity index (χ4n) is 5.42. The fraction of sp³-hybridized carbons (Fsp3) is 0.412. The molecule has 40 heavy (non-hydrogen) atoms. The van der Waals surface area contributed by atoms with Gasteiger partial charge in [0.15, 0.2) is 23.2 Å². The zero-order valence-corrected chi connectivity index (χ0v) is 23.2. The highest BCUT2D eigenvalue weighted by Gasteiger charge is 2.27. The third-order valence-corrected chi connectivity index (χ3v) is 7.86. The maximum absolute atomic E-state index is 15.0. The summed E-state index contributed by atoms with van der Waals surface area (Å²) in [4.78, 5) is 0. The Morgan fingerprint density at radius 1 is 0.800 bits per heavy atom. The van der Waals surface area contributed by atoms with Crippen LogP contribution in [0.25, 0.3) is 11.1 Å². The largest absolute Gasteiger partial charge is 0.494 e. The second kappa shape index (κ2) is 14.4. The lowest BCUT2D eigenvalue weighted by atomic mass is 9.76. The Kier molecular flexibility index (Phi) is 10.7. The minimum Gasteiger partial charge on any atom is -0.494 e. The Bertz CT molecular complexity index is 1260. The predicted molar refractivity (Wildman–Crippen MR) is 152 cm³/mol. The normalized spacial score (nSPS) is 17.0. The van der Waals surface area contributed by atoms with Crippen LogP contribution in [0.2, 0.25) is 0 Å². The van der Waals surface area contributed by atoms with Crippen LogP contribution in [-0.4, -0.2) is 13.2 Å². The molecule has 2 nitrogen and oxygen atoms in total. The third kappa shape index (κ3) is 7.26. The lowest BCUT2D eigenvalue weighted by molar-refractivity contribution is 0.291. The van der Waals surface area contributed by atoms with Gasteiger partial charge in [-0.1, -0.05) is 49.8 Å². The average Bonchev–Trinajstić information content (AvgIpc) is 2.97. The van der Waals surface area contributed by atoms with E-state index in [4.69, 9.17) is 9.47 Å². The van der Waals surface area contributed by atoms with Crippen molar-refractivity contribution in [2.45, 2.75) is 70.6 Å². The number of rotatable bonds is 13. The van der Waals surface area contributed by atoms with Crippen molar-refractivity contribution in [3.8, 4) is 22.6 Å². The van der Waals surface area contributed by atoms with Gasteiger partial charge in [0, 0.05) is 5.56 Å². The predicted octanol–water partition coefficient (Wildman–Crippen LogP) is 9.95. The molecule has 1 aliphatic carbocycles. The minimum atomic E-state index is -0.944. The number of benzene rings is 3. The first-order valence-corrected chi connectivity index (χ1v) is 14.3. The topological polar surface area (TPSA) is 18.5 Å². The van der Waals surface area contributed by atoms with Gasteiger partial charge in [-0.15, -0.1) is 6.58 Å². The van der Waals surface area contributed by atoms with E-state index in [1.807, 2.05) is 0 Å². The summed E-state index contributed by atoms with van der Waals surface area (Å²) in [6, 6.07) is 13.5. The van der Waals surface area contributed by atoms with Gasteiger partial charge < -0.3 is 9.47 Å². The SMILES string of the molecule is C=CCCOc1ccc(C2CCC(CCc3ccc(-c4ccc(OCCCC)cc4)c(F)c3F)CC2)c(F)c1F. The van der Waals surface area contributed by atoms with Gasteiger partial charge in [0.25, 0.3) is 0 Å². The maximum atomic E-state index is 15.0. The fourth-order valence-corrected chi connectivity index (χ4v) is 5.42. The molecule has 0 aromatic heterocycles. The van der Waals surface area contributed by atoms with Gasteiger partial charge in [-0.25, -0.2) is 13.2 Å². The highest BCUT2D eigenvalue weighted by atomic mass is 19.2. The van der Waals surface area contributed by atoms with Crippen molar-refractivity contribution in [2.24, 2.45) is 5.92 Å². The van der Waals surface area contributed by atoms with Crippen LogP contribution in [0.4, 0.5) is 17.6 Å². The van der Waals surface area contributed by atoms with Crippen molar-refractivity contribution in [1.29, 1.82) is 0 Å². The standard InChI is InChI=1S/C34H38F4O2/c1-3-5-21-39-27-16-13-25(14-17-27)28-18-15-26(31(35)32(28)36)12-9-23-7-10-24(11-8-23)29-19-20-30(34(38)33(29)37)40-22-6-4-2/h4,13-20,23-24H,2-3,5-12,21-22H2,1H3. The maximum Gasteiger partial charge on any atom is 0.200 e. The summed E-state index contributed by atoms with van der Waals surface area (Å²) >= 11 is 0. The van der Waals surface area contributed by atoms with E-state index in [1.54, 1.807) is 48.5 Å². The second-order valence-electron chi connectivity index (χ2n) is 10.6. The Hall–Kier alpha value is -3.28. The first kappa shape index (κ1) is 29.7. The molecule has 0 amide bonds. The van der Waals surface area contributed by atoms with Crippen LogP contribution < -0.4 is 9.47 Å². The third-order valence-electron chi connectivity index (χ3n) is 7.86. The lowest BCUT2D eigenvalue weighted by Gasteiger charge is -2.29. The van der Waals surface area contributed by atoms with Crippen LogP contribution in [0.3, 0.4) is 0 Å². The van der Waals surface area contributed by atoms with Crippen LogP contribution in [0.1, 0.15) is 75.3 Å². The van der Waals surface area contributed by atoms with E-state index in [2.05, 4.69) is 13.5 Å². The first-order valence-electron chi connectivity index (χ1n) is 14.3. The molecule has 1 aliphatic rings. The molecule has 6 heteroatoms. The summed E-state index contributed by atoms with van der Waals surface area (Å²) in [5, 5.41) is 0. The molecule has 0 saturated heterocycles. The molecule has 214 valence electrons. The van der Waals surface area contributed by atoms with E-state index in [0.29, 0.717) is 47.8 Å². The lowest BCUT2D eigenvalue weighted by Crippen LogP contribution is -2.16. The van der Waals surface area contributed by atoms with Crippen molar-refractivity contribution in [3.05, 3.63) is 95.6 Å². The van der Waals surface area contributed by atoms with E-state index >= 15 is 4.39 Å². The summed E-state index contributed by atoms with van der Waals surface area (Å²) in [5.74, 6) is -2.53. The number of hydrogen-bond acceptors (Lipinski definition) is 2. The molecule has 3 aromatic carbocycles. The minimum absolute atomic E-state index is 0.0649. The number of hydrogen-bond donors (Lipinski definition) is 0. The monoisotopic (exact) mass is 554 g/mol. The van der Waals surface area contributed by atoms with Gasteiger partial charge in [0.2, 0.25) is 5.82 Å². The van der Waals surface area contributed by atoms with Crippen molar-refractivity contribution in [1.82, 2.24) is 0 Å². The molecule has 0 unspecified atom stereocenters. The van der Waals surface area contributed by atoms with Crippen LogP contribution >= 0.6 is 0 Å². The molecule has 0 heterocycles. The summed E-state index contributed by atoms with van der Waals surface area (Å²) in [6.07, 6.45) is 8.49. The molecule has 4 rings (SSSR count). The molecule has 1 fully saturated rings. The molecule has 1 saturated carbocycles. The number of halogens is 4. The second-order valence-corrected chi connectivity index (χ2v) is 10.6. The smallest absolute Gasteiger partial charge is 0.200 e. The quantitative estimate of drug-likeness (QED) is 0.119. The Morgan fingerprint density at radius 3 is 2.25 bits per heavy atom. The molecular weight excluding hydrogens is 516 g/mol. The molecule has 3 aromatic rings. The molecule has 0 radical (unpaired) electrons. The van der Waals surface area contributed by atoms with E-state index in [9.17, 15) is 13.2 Å². The van der Waals surface area contributed by atoms with E-state index in [-0.39, 0.29) is 23.8 Å². The summed E-state index contributed by atoms with van der Waals surface area (Å²) in [7, 11) is 0. The number of ether oxygens (including phenoxy) is 2. The van der Waals surface area contributed by atoms with Crippen molar-refractivity contribution < 1.29 is 27.0 Å². The molecule has 0 aliphatic heterocycles. The highest BCUT2D eigenvalue weighted by Crippen LogP contribution is 2.40. The van der Waals surface area contributed by atoms with Crippen LogP contribution in [-0.2, 0) is 6.42 Å². The van der Waals surface area contributed by atoms with Gasteiger partial charge in [-0.3, -0.25) is 0 Å². The Balaban J connectivity index is 1.31. The Labute approximate surface area is 235 Å². The highest BCUT2D eigenvalue weighted by molar-refractivity contribution is 5.65. The van der Waals surface area contributed by atoms with E-state index < -0.39 is 23.3 Å². The summed E-state index contributed by atoms with van der Waals surface area (Å²) in [6.45, 7) is 6.56. The zero-order valence-electron chi connectivity index (χ0n) is 23.2. The molecule has 0 atom stereocenters. The van der Waals surface area contributed by atoms with Crippen molar-refractivity contribution >= 4 is 0 Å². The summed E-state index contributed by atoms with van der Waals surface area (Å²) in [5.41, 5.74) is 1.58. The van der Waals surface area contributed by atoms with Gasteiger partial charge in [0.1, 0.15) is 5.75 Å². The van der Waals surface area contributed by atoms with Crippen LogP contribution in [0.15, 0.2) is 61.2 Å². The summed E-state index contributed by atoms with van der Waals surface area (Å²) < 4.78 is 70.3. The van der Waals surface area contributed by atoms with Crippen LogP contribution in [0, 0.1) is 29.2 Å². The number of aryl methyl sites for hydroxylation is 1.